The van der Waals surface area contributed by atoms with Gasteiger partial charge in [-0.2, -0.15) is 0 Å². The normalized spacial score (nSPS) is 31.2. The van der Waals surface area contributed by atoms with Crippen molar-refractivity contribution >= 4 is 17.0 Å². The molecule has 0 amide bonds. The molecule has 2 aromatic heterocycles. The first kappa shape index (κ1) is 23.5. The van der Waals surface area contributed by atoms with Crippen molar-refractivity contribution in [3.05, 3.63) is 36.5 Å². The largest absolute Gasteiger partial charge is 0.347 e. The van der Waals surface area contributed by atoms with Crippen molar-refractivity contribution in [2.45, 2.75) is 78.0 Å². The zero-order chi connectivity index (χ0) is 24.0. The molecule has 3 aliphatic rings. The Morgan fingerprint density at radius 1 is 1.26 bits per heavy atom. The first-order chi connectivity index (χ1) is 16.3. The molecule has 3 fully saturated rings. The highest BCUT2D eigenvalue weighted by Crippen LogP contribution is 2.65. The summed E-state index contributed by atoms with van der Waals surface area (Å²) in [5, 5.41) is 9.41. The fourth-order valence-corrected chi connectivity index (χ4v) is 6.90. The molecule has 5 rings (SSSR count). The minimum atomic E-state index is -0.417. The van der Waals surface area contributed by atoms with Gasteiger partial charge in [0.25, 0.3) is 0 Å². The number of ether oxygens (including phenoxy) is 2. The summed E-state index contributed by atoms with van der Waals surface area (Å²) in [7, 11) is 0. The van der Waals surface area contributed by atoms with Gasteiger partial charge in [0.1, 0.15) is 11.8 Å². The average Bonchev–Trinajstić information content (AvgIpc) is 3.49. The second-order valence-corrected chi connectivity index (χ2v) is 10.8. The minimum absolute atomic E-state index is 0.0167. The zero-order valence-corrected chi connectivity index (χ0v) is 20.6. The van der Waals surface area contributed by atoms with Gasteiger partial charge in [0.15, 0.2) is 17.3 Å². The lowest BCUT2D eigenvalue weighted by Gasteiger charge is -2.61. The van der Waals surface area contributed by atoms with Crippen LogP contribution in [0.5, 0.6) is 0 Å². The molecule has 0 radical (unpaired) electrons. The number of rotatable bonds is 6. The number of anilines is 1. The third-order valence-corrected chi connectivity index (χ3v) is 9.05. The molecule has 34 heavy (non-hydrogen) atoms. The van der Waals surface area contributed by atoms with E-state index < -0.39 is 5.79 Å². The van der Waals surface area contributed by atoms with Gasteiger partial charge in [0.05, 0.1) is 19.5 Å². The molecule has 184 valence electrons. The lowest BCUT2D eigenvalue weighted by atomic mass is 9.47. The molecule has 2 N–H and O–H groups in total. The Labute approximate surface area is 201 Å². The topological polar surface area (TPSA) is 94.3 Å². The molecule has 8 nitrogen and oxygen atoms in total. The molecule has 2 aliphatic carbocycles. The van der Waals surface area contributed by atoms with E-state index in [-0.39, 0.29) is 10.8 Å². The van der Waals surface area contributed by atoms with Crippen molar-refractivity contribution in [1.82, 2.24) is 19.5 Å². The first-order valence-corrected chi connectivity index (χ1v) is 12.5. The van der Waals surface area contributed by atoms with Crippen molar-refractivity contribution in [2.75, 3.05) is 18.7 Å². The molecular weight excluding hydrogens is 430 g/mol. The summed E-state index contributed by atoms with van der Waals surface area (Å²) in [6.45, 7) is 13.7. The van der Waals surface area contributed by atoms with Crippen LogP contribution in [0.4, 0.5) is 5.82 Å². The SMILES string of the molecule is C=C1CC[C@]2(C)[C@H](CCCC23OCCO3)[C@@]1(C)C/C=C(\C)CCn1cnc2ncnc(NO)c21. The van der Waals surface area contributed by atoms with E-state index in [1.807, 2.05) is 4.57 Å². The Kier molecular flexibility index (Phi) is 6.02. The van der Waals surface area contributed by atoms with Crippen LogP contribution in [0.3, 0.4) is 0 Å². The van der Waals surface area contributed by atoms with Crippen LogP contribution in [0.2, 0.25) is 0 Å². The van der Waals surface area contributed by atoms with E-state index in [4.69, 9.17) is 9.47 Å². The van der Waals surface area contributed by atoms with E-state index >= 15 is 0 Å². The fourth-order valence-electron chi connectivity index (χ4n) is 6.90. The maximum Gasteiger partial charge on any atom is 0.183 e. The van der Waals surface area contributed by atoms with E-state index in [1.165, 1.54) is 23.9 Å². The van der Waals surface area contributed by atoms with Crippen LogP contribution < -0.4 is 5.48 Å². The van der Waals surface area contributed by atoms with E-state index in [0.29, 0.717) is 36.1 Å². The second-order valence-electron chi connectivity index (χ2n) is 10.8. The summed E-state index contributed by atoms with van der Waals surface area (Å²) in [5.41, 5.74) is 6.18. The fraction of sp³-hybridized carbons (Fsp3) is 0.654. The summed E-state index contributed by atoms with van der Waals surface area (Å²) in [6.07, 6.45) is 12.9. The van der Waals surface area contributed by atoms with Gasteiger partial charge in [0.2, 0.25) is 0 Å². The van der Waals surface area contributed by atoms with Gasteiger partial charge >= 0.3 is 0 Å². The van der Waals surface area contributed by atoms with Gasteiger partial charge in [-0.05, 0) is 56.8 Å². The van der Waals surface area contributed by atoms with Crippen LogP contribution in [-0.2, 0) is 16.0 Å². The highest BCUT2D eigenvalue weighted by Gasteiger charge is 2.63. The van der Waals surface area contributed by atoms with Crippen LogP contribution in [0, 0.1) is 16.7 Å². The monoisotopic (exact) mass is 467 g/mol. The highest BCUT2D eigenvalue weighted by atomic mass is 16.7. The van der Waals surface area contributed by atoms with E-state index in [1.54, 1.807) is 6.33 Å². The molecule has 0 unspecified atom stereocenters. The Balaban J connectivity index is 1.33. The number of imidazole rings is 1. The number of aryl methyl sites for hydroxylation is 1. The molecular formula is C26H37N5O3. The van der Waals surface area contributed by atoms with Gasteiger partial charge in [-0.3, -0.25) is 10.7 Å². The summed E-state index contributed by atoms with van der Waals surface area (Å²) in [4.78, 5) is 12.6. The molecule has 3 atom stereocenters. The molecule has 1 spiro atoms. The van der Waals surface area contributed by atoms with Crippen molar-refractivity contribution < 1.29 is 14.7 Å². The Hall–Kier alpha value is -2.29. The molecule has 1 saturated heterocycles. The number of hydrogen-bond acceptors (Lipinski definition) is 7. The van der Waals surface area contributed by atoms with Crippen molar-refractivity contribution in [3.8, 4) is 0 Å². The number of aromatic nitrogens is 4. The maximum absolute atomic E-state index is 9.41. The average molecular weight is 468 g/mol. The highest BCUT2D eigenvalue weighted by molar-refractivity contribution is 5.82. The van der Waals surface area contributed by atoms with Crippen LogP contribution in [0.1, 0.15) is 65.7 Å². The van der Waals surface area contributed by atoms with Crippen molar-refractivity contribution in [3.63, 3.8) is 0 Å². The lowest BCUT2D eigenvalue weighted by molar-refractivity contribution is -0.285. The lowest BCUT2D eigenvalue weighted by Crippen LogP contribution is -2.60. The Morgan fingerprint density at radius 3 is 2.82 bits per heavy atom. The van der Waals surface area contributed by atoms with Gasteiger partial charge in [0, 0.05) is 18.4 Å². The molecule has 2 saturated carbocycles. The zero-order valence-electron chi connectivity index (χ0n) is 20.6. The van der Waals surface area contributed by atoms with E-state index in [0.717, 1.165) is 45.1 Å². The second kappa shape index (κ2) is 8.73. The standard InChI is InChI=1S/C26H37N5O3/c1-18(9-13-31-17-29-22-21(31)23(30-32)28-16-27-22)7-11-24(3)19(2)8-12-25(4)20(24)6-5-10-26(25)33-14-15-34-26/h7,16-17,20,32H,2,5-6,8-15H2,1,3-4H3,(H,27,28,30)/b18-7+/t20-,24+,25-/m1/s1. The predicted molar refractivity (Wildman–Crippen MR) is 130 cm³/mol. The van der Waals surface area contributed by atoms with Gasteiger partial charge in [-0.25, -0.2) is 15.0 Å². The molecule has 8 heteroatoms. The first-order valence-electron chi connectivity index (χ1n) is 12.5. The molecule has 2 aromatic rings. The van der Waals surface area contributed by atoms with Crippen LogP contribution in [0.15, 0.2) is 36.5 Å². The smallest absolute Gasteiger partial charge is 0.183 e. The molecule has 0 bridgehead atoms. The van der Waals surface area contributed by atoms with Crippen LogP contribution in [-0.4, -0.2) is 43.7 Å². The molecule has 0 aromatic carbocycles. The molecule has 3 heterocycles. The quantitative estimate of drug-likeness (QED) is 0.442. The number of allylic oxidation sites excluding steroid dienone is 3. The number of nitrogens with one attached hydrogen (secondary N) is 1. The summed E-state index contributed by atoms with van der Waals surface area (Å²) < 4.78 is 14.7. The third kappa shape index (κ3) is 3.58. The summed E-state index contributed by atoms with van der Waals surface area (Å²) in [6, 6.07) is 0. The summed E-state index contributed by atoms with van der Waals surface area (Å²) in [5.74, 6) is 0.446. The maximum atomic E-state index is 9.41. The van der Waals surface area contributed by atoms with E-state index in [2.05, 4.69) is 53.9 Å². The Morgan fingerprint density at radius 2 is 2.06 bits per heavy atom. The van der Waals surface area contributed by atoms with Crippen LogP contribution in [0.25, 0.3) is 11.2 Å². The number of hydrogen-bond donors (Lipinski definition) is 2. The Bertz CT molecular complexity index is 1110. The number of nitrogens with zero attached hydrogens (tertiary/aromatic N) is 4. The van der Waals surface area contributed by atoms with Gasteiger partial charge in [-0.1, -0.05) is 37.6 Å². The van der Waals surface area contributed by atoms with Crippen molar-refractivity contribution in [1.29, 1.82) is 0 Å². The van der Waals surface area contributed by atoms with Gasteiger partial charge < -0.3 is 14.0 Å². The van der Waals surface area contributed by atoms with E-state index in [9.17, 15) is 5.21 Å². The minimum Gasteiger partial charge on any atom is -0.347 e. The number of fused-ring (bicyclic) bond motifs is 3. The van der Waals surface area contributed by atoms with Crippen LogP contribution >= 0.6 is 0 Å². The predicted octanol–water partition coefficient (Wildman–Crippen LogP) is 5.26. The summed E-state index contributed by atoms with van der Waals surface area (Å²) >= 11 is 0. The molecule has 1 aliphatic heterocycles. The van der Waals surface area contributed by atoms with Gasteiger partial charge in [-0.15, -0.1) is 0 Å². The van der Waals surface area contributed by atoms with Crippen molar-refractivity contribution in [2.24, 2.45) is 16.7 Å². The third-order valence-electron chi connectivity index (χ3n) is 9.05.